The maximum Gasteiger partial charge on any atom is 0.424 e. The summed E-state index contributed by atoms with van der Waals surface area (Å²) in [6, 6.07) is 2.87. The van der Waals surface area contributed by atoms with Gasteiger partial charge in [-0.25, -0.2) is 4.98 Å². The van der Waals surface area contributed by atoms with E-state index in [2.05, 4.69) is 4.98 Å². The van der Waals surface area contributed by atoms with Crippen LogP contribution in [0.5, 0.6) is 0 Å². The van der Waals surface area contributed by atoms with Gasteiger partial charge in [-0.2, -0.15) is 13.2 Å². The molecule has 122 valence electrons. The molecule has 0 saturated carbocycles. The van der Waals surface area contributed by atoms with Gasteiger partial charge in [-0.3, -0.25) is 0 Å². The van der Waals surface area contributed by atoms with Gasteiger partial charge in [0.2, 0.25) is 5.60 Å². The maximum atomic E-state index is 13.2. The minimum absolute atomic E-state index is 0.201. The molecule has 1 heterocycles. The van der Waals surface area contributed by atoms with Crippen molar-refractivity contribution in [2.24, 2.45) is 0 Å². The normalized spacial score (nSPS) is 15.3. The van der Waals surface area contributed by atoms with Gasteiger partial charge in [-0.15, -0.1) is 0 Å². The predicted molar refractivity (Wildman–Crippen MR) is 80.3 cm³/mol. The van der Waals surface area contributed by atoms with Crippen LogP contribution >= 0.6 is 23.2 Å². The summed E-state index contributed by atoms with van der Waals surface area (Å²) < 4.78 is 40.8. The largest absolute Gasteiger partial charge is 0.424 e. The van der Waals surface area contributed by atoms with Gasteiger partial charge in [0.1, 0.15) is 0 Å². The first-order valence-electron chi connectivity index (χ1n) is 6.74. The number of hydrogen-bond acceptors (Lipinski definition) is 2. The number of alkyl halides is 3. The molecule has 2 aromatic rings. The molecule has 0 aliphatic heterocycles. The summed E-state index contributed by atoms with van der Waals surface area (Å²) in [5.74, 6) is -0.457. The lowest BCUT2D eigenvalue weighted by Gasteiger charge is -2.26. The smallest absolute Gasteiger partial charge is 0.374 e. The van der Waals surface area contributed by atoms with Crippen LogP contribution in [0.4, 0.5) is 13.2 Å². The third-order valence-electron chi connectivity index (χ3n) is 3.51. The number of fused-ring (bicyclic) bond motifs is 1. The summed E-state index contributed by atoms with van der Waals surface area (Å²) >= 11 is 11.8. The van der Waals surface area contributed by atoms with Crippen LogP contribution < -0.4 is 0 Å². The van der Waals surface area contributed by atoms with Crippen molar-refractivity contribution in [3.8, 4) is 0 Å². The zero-order valence-electron chi connectivity index (χ0n) is 12.0. The van der Waals surface area contributed by atoms with E-state index >= 15 is 0 Å². The van der Waals surface area contributed by atoms with Gasteiger partial charge in [0, 0.05) is 6.54 Å². The maximum absolute atomic E-state index is 13.2. The van der Waals surface area contributed by atoms with Crippen LogP contribution in [0.1, 0.15) is 32.5 Å². The summed E-state index contributed by atoms with van der Waals surface area (Å²) in [5.41, 5.74) is -2.37. The fourth-order valence-electron chi connectivity index (χ4n) is 2.16. The van der Waals surface area contributed by atoms with Gasteiger partial charge >= 0.3 is 6.18 Å². The molecule has 3 nitrogen and oxygen atoms in total. The third-order valence-corrected chi connectivity index (χ3v) is 4.24. The lowest BCUT2D eigenvalue weighted by atomic mass is 10.1. The zero-order chi connectivity index (χ0) is 16.7. The standard InChI is InChI=1S/C14H15Cl2F3N2O/c1-3-4-5-21-11-7-9(16)8(15)6-10(11)20-12(21)13(2,22)14(17,18)19/h6-7,22H,3-5H2,1-2H3. The number of imidazole rings is 1. The molecule has 0 saturated heterocycles. The van der Waals surface area contributed by atoms with Crippen molar-refractivity contribution in [3.05, 3.63) is 28.0 Å². The van der Waals surface area contributed by atoms with Gasteiger partial charge in [-0.1, -0.05) is 36.5 Å². The fourth-order valence-corrected chi connectivity index (χ4v) is 2.48. The Labute approximate surface area is 135 Å². The van der Waals surface area contributed by atoms with Gasteiger partial charge < -0.3 is 9.67 Å². The quantitative estimate of drug-likeness (QED) is 0.846. The summed E-state index contributed by atoms with van der Waals surface area (Å²) in [7, 11) is 0. The molecule has 0 radical (unpaired) electrons. The van der Waals surface area contributed by atoms with Crippen molar-refractivity contribution >= 4 is 34.2 Å². The highest BCUT2D eigenvalue weighted by Crippen LogP contribution is 2.40. The number of aliphatic hydroxyl groups is 1. The molecule has 0 amide bonds. The summed E-state index contributed by atoms with van der Waals surface area (Å²) in [6.45, 7) is 2.91. The Morgan fingerprint density at radius 1 is 1.23 bits per heavy atom. The number of halogens is 5. The van der Waals surface area contributed by atoms with E-state index < -0.39 is 17.6 Å². The predicted octanol–water partition coefficient (Wildman–Crippen LogP) is 4.91. The number of rotatable bonds is 4. The van der Waals surface area contributed by atoms with Crippen molar-refractivity contribution in [1.29, 1.82) is 0 Å². The van der Waals surface area contributed by atoms with E-state index in [0.717, 1.165) is 6.42 Å². The van der Waals surface area contributed by atoms with Crippen molar-refractivity contribution < 1.29 is 18.3 Å². The number of hydrogen-bond donors (Lipinski definition) is 1. The highest BCUT2D eigenvalue weighted by atomic mass is 35.5. The number of benzene rings is 1. The SMILES string of the molecule is CCCCn1c(C(C)(O)C(F)(F)F)nc2cc(Cl)c(Cl)cc21. The van der Waals surface area contributed by atoms with Crippen LogP contribution in [-0.2, 0) is 12.1 Å². The Bertz CT molecular complexity index is 695. The first kappa shape index (κ1) is 17.4. The van der Waals surface area contributed by atoms with E-state index in [4.69, 9.17) is 23.2 Å². The van der Waals surface area contributed by atoms with Crippen molar-refractivity contribution in [3.63, 3.8) is 0 Å². The van der Waals surface area contributed by atoms with Crippen LogP contribution in [-0.4, -0.2) is 20.8 Å². The first-order chi connectivity index (χ1) is 10.1. The second kappa shape index (κ2) is 5.91. The molecule has 0 aliphatic carbocycles. The minimum atomic E-state index is -4.84. The number of nitrogens with zero attached hydrogens (tertiary/aromatic N) is 2. The van der Waals surface area contributed by atoms with Gasteiger partial charge in [0.05, 0.1) is 21.1 Å². The van der Waals surface area contributed by atoms with E-state index in [1.165, 1.54) is 16.7 Å². The van der Waals surface area contributed by atoms with Crippen LogP contribution in [0.3, 0.4) is 0 Å². The van der Waals surface area contributed by atoms with Crippen molar-refractivity contribution in [2.45, 2.75) is 45.0 Å². The second-order valence-corrected chi connectivity index (χ2v) is 6.08. The van der Waals surface area contributed by atoms with E-state index in [9.17, 15) is 18.3 Å². The van der Waals surface area contributed by atoms with Crippen LogP contribution in [0.15, 0.2) is 12.1 Å². The molecule has 1 atom stereocenters. The lowest BCUT2D eigenvalue weighted by Crippen LogP contribution is -2.41. The van der Waals surface area contributed by atoms with E-state index in [1.54, 1.807) is 0 Å². The van der Waals surface area contributed by atoms with E-state index in [-0.39, 0.29) is 15.6 Å². The molecule has 1 aromatic heterocycles. The van der Waals surface area contributed by atoms with Crippen molar-refractivity contribution in [2.75, 3.05) is 0 Å². The van der Waals surface area contributed by atoms with Crippen LogP contribution in [0.2, 0.25) is 10.0 Å². The second-order valence-electron chi connectivity index (χ2n) is 5.27. The molecule has 8 heteroatoms. The van der Waals surface area contributed by atoms with Gasteiger partial charge in [0.25, 0.3) is 0 Å². The molecular formula is C14H15Cl2F3N2O. The van der Waals surface area contributed by atoms with Gasteiger partial charge in [-0.05, 0) is 25.5 Å². The Kier molecular flexibility index (Phi) is 4.66. The molecule has 1 N–H and O–H groups in total. The number of aryl methyl sites for hydroxylation is 1. The molecule has 22 heavy (non-hydrogen) atoms. The number of aromatic nitrogens is 2. The Morgan fingerprint density at radius 2 is 1.82 bits per heavy atom. The average molecular weight is 355 g/mol. The third kappa shape index (κ3) is 2.92. The molecule has 1 aromatic carbocycles. The molecule has 0 fully saturated rings. The molecular weight excluding hydrogens is 340 g/mol. The summed E-state index contributed by atoms with van der Waals surface area (Å²) in [4.78, 5) is 3.96. The van der Waals surface area contributed by atoms with E-state index in [1.807, 2.05) is 6.92 Å². The fraction of sp³-hybridized carbons (Fsp3) is 0.500. The first-order valence-corrected chi connectivity index (χ1v) is 7.50. The topological polar surface area (TPSA) is 38.0 Å². The van der Waals surface area contributed by atoms with E-state index in [0.29, 0.717) is 25.4 Å². The monoisotopic (exact) mass is 354 g/mol. The zero-order valence-corrected chi connectivity index (χ0v) is 13.5. The molecule has 0 spiro atoms. The average Bonchev–Trinajstić information content (AvgIpc) is 2.74. The molecule has 0 aliphatic rings. The van der Waals surface area contributed by atoms with Crippen molar-refractivity contribution in [1.82, 2.24) is 9.55 Å². The Balaban J connectivity index is 2.72. The minimum Gasteiger partial charge on any atom is -0.374 e. The molecule has 0 bridgehead atoms. The summed E-state index contributed by atoms with van der Waals surface area (Å²) in [6.07, 6.45) is -3.41. The highest BCUT2D eigenvalue weighted by Gasteiger charge is 2.54. The lowest BCUT2D eigenvalue weighted by molar-refractivity contribution is -0.262. The Morgan fingerprint density at radius 3 is 2.36 bits per heavy atom. The number of unbranched alkanes of at least 4 members (excludes halogenated alkanes) is 1. The highest BCUT2D eigenvalue weighted by molar-refractivity contribution is 6.42. The van der Waals surface area contributed by atoms with Crippen LogP contribution in [0, 0.1) is 0 Å². The van der Waals surface area contributed by atoms with Crippen LogP contribution in [0.25, 0.3) is 11.0 Å². The molecule has 2 rings (SSSR count). The summed E-state index contributed by atoms with van der Waals surface area (Å²) in [5, 5.41) is 10.4. The van der Waals surface area contributed by atoms with Gasteiger partial charge in [0.15, 0.2) is 5.82 Å². The molecule has 1 unspecified atom stereocenters. The Hall–Kier alpha value is -0.980.